The van der Waals surface area contributed by atoms with E-state index >= 15 is 0 Å². The van der Waals surface area contributed by atoms with Crippen LogP contribution < -0.4 is 5.73 Å². The number of nitrogens with zero attached hydrogens (tertiary/aromatic N) is 2. The molecular weight excluding hydrogens is 516 g/mol. The molecule has 0 radical (unpaired) electrons. The van der Waals surface area contributed by atoms with Gasteiger partial charge in [0.25, 0.3) is 0 Å². The number of carbonyl (C=O) groups is 4. The molecule has 0 aromatic heterocycles. The summed E-state index contributed by atoms with van der Waals surface area (Å²) in [4.78, 5) is 45.2. The second-order valence-electron chi connectivity index (χ2n) is 8.45. The summed E-state index contributed by atoms with van der Waals surface area (Å²) in [6.45, 7) is 0.0508. The van der Waals surface area contributed by atoms with E-state index in [4.69, 9.17) is 15.9 Å². The third kappa shape index (κ3) is 8.20. The number of amides is 2. The first-order valence-corrected chi connectivity index (χ1v) is 10.8. The molecule has 1 aromatic rings. The Bertz CT molecular complexity index is 1060. The highest BCUT2D eigenvalue weighted by atomic mass is 19.4. The zero-order valence-electron chi connectivity index (χ0n) is 19.1. The number of halogens is 6. The van der Waals surface area contributed by atoms with Crippen LogP contribution in [0, 0.1) is 23.4 Å². The first kappa shape index (κ1) is 29.6. The summed E-state index contributed by atoms with van der Waals surface area (Å²) in [6, 6.07) is -0.343. The fourth-order valence-electron chi connectivity index (χ4n) is 4.18. The van der Waals surface area contributed by atoms with Gasteiger partial charge in [0.1, 0.15) is 5.82 Å². The number of hydrogen-bond donors (Lipinski definition) is 3. The van der Waals surface area contributed by atoms with Crippen molar-refractivity contribution in [2.24, 2.45) is 11.7 Å². The monoisotopic (exact) mass is 539 g/mol. The highest BCUT2D eigenvalue weighted by Gasteiger charge is 2.50. The van der Waals surface area contributed by atoms with Gasteiger partial charge < -0.3 is 25.7 Å². The number of likely N-dealkylation sites (tertiary alicyclic amines) is 2. The molecule has 2 aliphatic heterocycles. The van der Waals surface area contributed by atoms with Gasteiger partial charge in [0.05, 0.1) is 6.04 Å². The second kappa shape index (κ2) is 12.1. The summed E-state index contributed by atoms with van der Waals surface area (Å²) in [7, 11) is 0. The highest BCUT2D eigenvalue weighted by molar-refractivity contribution is 5.89. The molecule has 204 valence electrons. The Kier molecular flexibility index (Phi) is 9.67. The van der Waals surface area contributed by atoms with E-state index in [1.807, 2.05) is 0 Å². The minimum atomic E-state index is -4.97. The first-order valence-electron chi connectivity index (χ1n) is 10.8. The molecule has 2 fully saturated rings. The molecule has 1 unspecified atom stereocenters. The number of carbonyl (C=O) groups excluding carboxylic acids is 2. The predicted octanol–water partition coefficient (Wildman–Crippen LogP) is 1.70. The summed E-state index contributed by atoms with van der Waals surface area (Å²) in [6.07, 6.45) is -3.84. The molecule has 0 saturated carbocycles. The van der Waals surface area contributed by atoms with E-state index in [0.717, 1.165) is 0 Å². The third-order valence-corrected chi connectivity index (χ3v) is 5.77. The number of nitrogens with two attached hydrogens (primary N) is 1. The van der Waals surface area contributed by atoms with E-state index in [1.54, 1.807) is 0 Å². The molecule has 2 saturated heterocycles. The molecule has 2 aliphatic rings. The van der Waals surface area contributed by atoms with Gasteiger partial charge in [0.2, 0.25) is 5.91 Å². The standard InChI is InChI=1S/C18H19F6N3O2.C4H4O4/c19-12-6-14(21)13(20)4-10(12)3-11(25)5-16(28)27-2-1-9-7-26(8-15(9)27)17(29)18(22,23)24;5-3(6)1-2-4(7)8/h4,6,9,11,15H,1-3,5,7-8,25H2;1-2H,(H,5,6)(H,7,8)/t9-,11?,15+;/m0./s1. The number of fused-ring (bicyclic) bond motifs is 1. The number of rotatable bonds is 6. The number of aliphatic carboxylic acids is 2. The summed E-state index contributed by atoms with van der Waals surface area (Å²) in [5.74, 6) is -8.67. The lowest BCUT2D eigenvalue weighted by atomic mass is 10.0. The van der Waals surface area contributed by atoms with Gasteiger partial charge in [0.15, 0.2) is 11.6 Å². The molecule has 37 heavy (non-hydrogen) atoms. The van der Waals surface area contributed by atoms with E-state index in [2.05, 4.69) is 0 Å². The van der Waals surface area contributed by atoms with Crippen molar-refractivity contribution in [3.05, 3.63) is 47.3 Å². The number of carboxylic acids is 2. The summed E-state index contributed by atoms with van der Waals surface area (Å²) >= 11 is 0. The smallest absolute Gasteiger partial charge is 0.471 e. The largest absolute Gasteiger partial charge is 0.478 e. The quantitative estimate of drug-likeness (QED) is 0.284. The van der Waals surface area contributed by atoms with Crippen LogP contribution in [0.1, 0.15) is 18.4 Å². The summed E-state index contributed by atoms with van der Waals surface area (Å²) in [5.41, 5.74) is 5.68. The molecule has 2 amide bonds. The van der Waals surface area contributed by atoms with Crippen molar-refractivity contribution in [2.75, 3.05) is 19.6 Å². The second-order valence-corrected chi connectivity index (χ2v) is 8.45. The summed E-state index contributed by atoms with van der Waals surface area (Å²) < 4.78 is 77.9. The van der Waals surface area contributed by atoms with Gasteiger partial charge in [0, 0.05) is 56.2 Å². The number of benzene rings is 1. The van der Waals surface area contributed by atoms with Gasteiger partial charge in [-0.25, -0.2) is 22.8 Å². The van der Waals surface area contributed by atoms with Crippen LogP contribution in [-0.4, -0.2) is 81.7 Å². The number of alkyl halides is 3. The van der Waals surface area contributed by atoms with Gasteiger partial charge in [-0.15, -0.1) is 0 Å². The minimum absolute atomic E-state index is 0.0705. The van der Waals surface area contributed by atoms with Crippen LogP contribution in [0.5, 0.6) is 0 Å². The Morgan fingerprint density at radius 3 is 2.11 bits per heavy atom. The Morgan fingerprint density at radius 2 is 1.57 bits per heavy atom. The molecule has 0 bridgehead atoms. The average Bonchev–Trinajstić information content (AvgIpc) is 3.36. The fraction of sp³-hybridized carbons (Fsp3) is 0.455. The van der Waals surface area contributed by atoms with Crippen LogP contribution in [0.15, 0.2) is 24.3 Å². The SMILES string of the molecule is NC(CC(=O)N1CC[C@H]2CN(C(=O)C(F)(F)F)C[C@H]21)Cc1cc(F)c(F)cc1F.O=C(O)C=CC(=O)O. The van der Waals surface area contributed by atoms with E-state index in [1.165, 1.54) is 4.90 Å². The van der Waals surface area contributed by atoms with Crippen LogP contribution in [0.25, 0.3) is 0 Å². The number of hydrogen-bond acceptors (Lipinski definition) is 5. The normalized spacial score (nSPS) is 19.9. The van der Waals surface area contributed by atoms with Crippen molar-refractivity contribution in [1.29, 1.82) is 0 Å². The Morgan fingerprint density at radius 1 is 1.00 bits per heavy atom. The van der Waals surface area contributed by atoms with E-state index in [-0.39, 0.29) is 37.4 Å². The van der Waals surface area contributed by atoms with Crippen LogP contribution >= 0.6 is 0 Å². The highest BCUT2D eigenvalue weighted by Crippen LogP contribution is 2.34. The molecule has 3 rings (SSSR count). The molecule has 2 heterocycles. The maximum Gasteiger partial charge on any atom is 0.471 e. The first-order chi connectivity index (χ1) is 17.1. The van der Waals surface area contributed by atoms with Crippen molar-refractivity contribution in [1.82, 2.24) is 9.80 Å². The lowest BCUT2D eigenvalue weighted by molar-refractivity contribution is -0.184. The van der Waals surface area contributed by atoms with Gasteiger partial charge in [-0.05, 0) is 24.5 Å². The van der Waals surface area contributed by atoms with Gasteiger partial charge in [-0.2, -0.15) is 13.2 Å². The van der Waals surface area contributed by atoms with Crippen LogP contribution in [0.2, 0.25) is 0 Å². The van der Waals surface area contributed by atoms with Gasteiger partial charge in [-0.3, -0.25) is 9.59 Å². The minimum Gasteiger partial charge on any atom is -0.478 e. The molecule has 1 aromatic carbocycles. The molecule has 15 heteroatoms. The Labute approximate surface area is 206 Å². The van der Waals surface area contributed by atoms with E-state index in [9.17, 15) is 45.5 Å². The van der Waals surface area contributed by atoms with Gasteiger partial charge >= 0.3 is 24.0 Å². The summed E-state index contributed by atoms with van der Waals surface area (Å²) in [5, 5.41) is 15.6. The van der Waals surface area contributed by atoms with Crippen molar-refractivity contribution in [3.63, 3.8) is 0 Å². The molecule has 9 nitrogen and oxygen atoms in total. The van der Waals surface area contributed by atoms with Crippen molar-refractivity contribution in [3.8, 4) is 0 Å². The number of carboxylic acid groups (broad SMARTS) is 2. The van der Waals surface area contributed by atoms with Crippen molar-refractivity contribution < 1.29 is 55.7 Å². The maximum absolute atomic E-state index is 13.7. The lowest BCUT2D eigenvalue weighted by Gasteiger charge is -2.26. The zero-order chi connectivity index (χ0) is 28.1. The molecular formula is C22H23F6N3O6. The van der Waals surface area contributed by atoms with Crippen molar-refractivity contribution in [2.45, 2.75) is 37.5 Å². The Hall–Kier alpha value is -3.62. The van der Waals surface area contributed by atoms with E-state index < -0.39 is 59.5 Å². The molecule has 3 atom stereocenters. The molecule has 0 spiro atoms. The van der Waals surface area contributed by atoms with E-state index in [0.29, 0.717) is 42.2 Å². The van der Waals surface area contributed by atoms with Crippen LogP contribution in [-0.2, 0) is 25.6 Å². The molecule has 4 N–H and O–H groups in total. The molecule has 0 aliphatic carbocycles. The fourth-order valence-corrected chi connectivity index (χ4v) is 4.18. The van der Waals surface area contributed by atoms with Crippen LogP contribution in [0.3, 0.4) is 0 Å². The third-order valence-electron chi connectivity index (χ3n) is 5.77. The Balaban J connectivity index is 0.000000521. The zero-order valence-corrected chi connectivity index (χ0v) is 19.1. The van der Waals surface area contributed by atoms with Crippen LogP contribution in [0.4, 0.5) is 26.3 Å². The van der Waals surface area contributed by atoms with Crippen molar-refractivity contribution >= 4 is 23.8 Å². The topological polar surface area (TPSA) is 141 Å². The van der Waals surface area contributed by atoms with Gasteiger partial charge in [-0.1, -0.05) is 0 Å². The average molecular weight is 539 g/mol. The lowest BCUT2D eigenvalue weighted by Crippen LogP contribution is -2.45. The maximum atomic E-state index is 13.7. The predicted molar refractivity (Wildman–Crippen MR) is 113 cm³/mol.